The zero-order chi connectivity index (χ0) is 8.44. The number of hydrogen-bond donors (Lipinski definition) is 0. The van der Waals surface area contributed by atoms with Gasteiger partial charge in [0.2, 0.25) is 0 Å². The second-order valence-corrected chi connectivity index (χ2v) is 3.66. The van der Waals surface area contributed by atoms with Crippen molar-refractivity contribution in [3.8, 4) is 6.07 Å². The third-order valence-corrected chi connectivity index (χ3v) is 2.71. The van der Waals surface area contributed by atoms with E-state index in [4.69, 9.17) is 14.7 Å². The average Bonchev–Trinajstić information content (AvgIpc) is 2.90. The van der Waals surface area contributed by atoms with Gasteiger partial charge >= 0.3 is 0 Å². The Kier molecular flexibility index (Phi) is 2.03. The third kappa shape index (κ3) is 1.60. The summed E-state index contributed by atoms with van der Waals surface area (Å²) in [6.45, 7) is 2.32. The Labute approximate surface area is 72.3 Å². The predicted octanol–water partition coefficient (Wildman–Crippen LogP) is 1.10. The molecule has 2 aliphatic rings. The molecule has 0 aromatic carbocycles. The van der Waals surface area contributed by atoms with E-state index < -0.39 is 0 Å². The Hall–Kier alpha value is -0.590. The Bertz CT molecular complexity index is 199. The van der Waals surface area contributed by atoms with Gasteiger partial charge in [0, 0.05) is 13.2 Å². The molecule has 0 aliphatic carbocycles. The first-order valence-corrected chi connectivity index (χ1v) is 4.45. The minimum Gasteiger partial charge on any atom is -0.381 e. The topological polar surface area (TPSA) is 45.5 Å². The van der Waals surface area contributed by atoms with Gasteiger partial charge in [-0.2, -0.15) is 5.26 Å². The van der Waals surface area contributed by atoms with E-state index in [0.717, 1.165) is 39.1 Å². The molecule has 0 spiro atoms. The van der Waals surface area contributed by atoms with Crippen LogP contribution in [0, 0.1) is 16.7 Å². The third-order valence-electron chi connectivity index (χ3n) is 2.71. The lowest BCUT2D eigenvalue weighted by Crippen LogP contribution is -2.29. The Balaban J connectivity index is 1.96. The number of rotatable bonds is 2. The van der Waals surface area contributed by atoms with Crippen LogP contribution in [0.1, 0.15) is 19.3 Å². The molecule has 0 unspecified atom stereocenters. The average molecular weight is 167 g/mol. The van der Waals surface area contributed by atoms with Crippen molar-refractivity contribution < 1.29 is 9.47 Å². The van der Waals surface area contributed by atoms with Gasteiger partial charge < -0.3 is 9.47 Å². The van der Waals surface area contributed by atoms with Gasteiger partial charge in [0.25, 0.3) is 0 Å². The van der Waals surface area contributed by atoms with Gasteiger partial charge in [-0.1, -0.05) is 0 Å². The summed E-state index contributed by atoms with van der Waals surface area (Å²) in [5.41, 5.74) is -0.139. The number of nitriles is 1. The molecule has 0 N–H and O–H groups in total. The van der Waals surface area contributed by atoms with Crippen molar-refractivity contribution in [3.63, 3.8) is 0 Å². The van der Waals surface area contributed by atoms with Gasteiger partial charge in [-0.3, -0.25) is 0 Å². The lowest BCUT2D eigenvalue weighted by Gasteiger charge is -2.29. The van der Waals surface area contributed by atoms with Crippen molar-refractivity contribution >= 4 is 0 Å². The smallest absolute Gasteiger partial charge is 0.0825 e. The molecule has 3 heteroatoms. The van der Waals surface area contributed by atoms with E-state index in [1.807, 2.05) is 0 Å². The maximum absolute atomic E-state index is 9.06. The summed E-state index contributed by atoms with van der Waals surface area (Å²) in [5, 5.41) is 9.06. The highest BCUT2D eigenvalue weighted by atomic mass is 16.6. The molecule has 2 fully saturated rings. The largest absolute Gasteiger partial charge is 0.381 e. The van der Waals surface area contributed by atoms with Gasteiger partial charge in [0.05, 0.1) is 24.2 Å². The Morgan fingerprint density at radius 2 is 2.08 bits per heavy atom. The lowest BCUT2D eigenvalue weighted by atomic mass is 9.78. The van der Waals surface area contributed by atoms with E-state index in [1.165, 1.54) is 0 Å². The highest BCUT2D eigenvalue weighted by molar-refractivity contribution is 5.02. The van der Waals surface area contributed by atoms with Crippen LogP contribution in [-0.2, 0) is 9.47 Å². The van der Waals surface area contributed by atoms with Crippen LogP contribution < -0.4 is 0 Å². The predicted molar refractivity (Wildman–Crippen MR) is 42.5 cm³/mol. The first-order chi connectivity index (χ1) is 5.85. The van der Waals surface area contributed by atoms with Gasteiger partial charge in [0.15, 0.2) is 0 Å². The fourth-order valence-electron chi connectivity index (χ4n) is 1.75. The molecule has 0 radical (unpaired) electrons. The SMILES string of the molecule is N#CC1(C[C@H]2CO2)CCOCC1. The molecule has 0 amide bonds. The molecule has 0 bridgehead atoms. The zero-order valence-electron chi connectivity index (χ0n) is 7.08. The van der Waals surface area contributed by atoms with E-state index in [1.54, 1.807) is 0 Å². The molecular weight excluding hydrogens is 154 g/mol. The molecular formula is C9H13NO2. The molecule has 2 rings (SSSR count). The van der Waals surface area contributed by atoms with Gasteiger partial charge in [0.1, 0.15) is 0 Å². The van der Waals surface area contributed by atoms with Gasteiger partial charge in [-0.15, -0.1) is 0 Å². The molecule has 2 saturated heterocycles. The second kappa shape index (κ2) is 3.04. The summed E-state index contributed by atoms with van der Waals surface area (Å²) < 4.78 is 10.4. The molecule has 0 aromatic rings. The molecule has 2 heterocycles. The normalized spacial score (nSPS) is 32.4. The van der Waals surface area contributed by atoms with Crippen molar-refractivity contribution in [1.29, 1.82) is 5.26 Å². The quantitative estimate of drug-likeness (QED) is 0.578. The first-order valence-electron chi connectivity index (χ1n) is 4.45. The molecule has 12 heavy (non-hydrogen) atoms. The van der Waals surface area contributed by atoms with Gasteiger partial charge in [-0.25, -0.2) is 0 Å². The van der Waals surface area contributed by atoms with Crippen LogP contribution in [0.3, 0.4) is 0 Å². The number of epoxide rings is 1. The summed E-state index contributed by atoms with van der Waals surface area (Å²) in [7, 11) is 0. The molecule has 3 nitrogen and oxygen atoms in total. The lowest BCUT2D eigenvalue weighted by molar-refractivity contribution is 0.0339. The molecule has 1 atom stereocenters. The Morgan fingerprint density at radius 1 is 1.42 bits per heavy atom. The van der Waals surface area contributed by atoms with Crippen molar-refractivity contribution in [2.24, 2.45) is 5.41 Å². The van der Waals surface area contributed by atoms with Crippen LogP contribution in [-0.4, -0.2) is 25.9 Å². The maximum atomic E-state index is 9.06. The molecule has 66 valence electrons. The fraction of sp³-hybridized carbons (Fsp3) is 0.889. The fourth-order valence-corrected chi connectivity index (χ4v) is 1.75. The number of nitrogens with zero attached hydrogens (tertiary/aromatic N) is 1. The summed E-state index contributed by atoms with van der Waals surface area (Å²) in [4.78, 5) is 0. The summed E-state index contributed by atoms with van der Waals surface area (Å²) in [5.74, 6) is 0. The van der Waals surface area contributed by atoms with Crippen LogP contribution in [0.5, 0.6) is 0 Å². The monoisotopic (exact) mass is 167 g/mol. The van der Waals surface area contributed by atoms with Crippen LogP contribution in [0.2, 0.25) is 0 Å². The molecule has 0 aromatic heterocycles. The number of hydrogen-bond acceptors (Lipinski definition) is 3. The summed E-state index contributed by atoms with van der Waals surface area (Å²) in [6, 6.07) is 2.43. The van der Waals surface area contributed by atoms with Crippen molar-refractivity contribution in [3.05, 3.63) is 0 Å². The van der Waals surface area contributed by atoms with E-state index in [2.05, 4.69) is 6.07 Å². The Morgan fingerprint density at radius 3 is 2.58 bits per heavy atom. The molecule has 2 aliphatic heterocycles. The van der Waals surface area contributed by atoms with E-state index in [0.29, 0.717) is 6.10 Å². The van der Waals surface area contributed by atoms with Crippen LogP contribution in [0.4, 0.5) is 0 Å². The summed E-state index contributed by atoms with van der Waals surface area (Å²) in [6.07, 6.45) is 3.03. The standard InChI is InChI=1S/C9H13NO2/c10-7-9(5-8-6-12-8)1-3-11-4-2-9/h8H,1-6H2/t8-/m0/s1. The van der Waals surface area contributed by atoms with Crippen LogP contribution >= 0.6 is 0 Å². The van der Waals surface area contributed by atoms with E-state index in [9.17, 15) is 0 Å². The van der Waals surface area contributed by atoms with Crippen LogP contribution in [0.15, 0.2) is 0 Å². The van der Waals surface area contributed by atoms with Crippen LogP contribution in [0.25, 0.3) is 0 Å². The van der Waals surface area contributed by atoms with E-state index >= 15 is 0 Å². The van der Waals surface area contributed by atoms with Crippen molar-refractivity contribution in [2.45, 2.75) is 25.4 Å². The van der Waals surface area contributed by atoms with E-state index in [-0.39, 0.29) is 5.41 Å². The second-order valence-electron chi connectivity index (χ2n) is 3.66. The van der Waals surface area contributed by atoms with Crippen molar-refractivity contribution in [1.82, 2.24) is 0 Å². The highest BCUT2D eigenvalue weighted by Gasteiger charge is 2.39. The molecule has 0 saturated carbocycles. The minimum absolute atomic E-state index is 0.139. The highest BCUT2D eigenvalue weighted by Crippen LogP contribution is 2.37. The maximum Gasteiger partial charge on any atom is 0.0825 e. The van der Waals surface area contributed by atoms with Gasteiger partial charge in [-0.05, 0) is 19.3 Å². The minimum atomic E-state index is -0.139. The first kappa shape index (κ1) is 8.03. The number of ether oxygens (including phenoxy) is 2. The zero-order valence-corrected chi connectivity index (χ0v) is 7.08. The van der Waals surface area contributed by atoms with Crippen molar-refractivity contribution in [2.75, 3.05) is 19.8 Å². The summed E-state index contributed by atoms with van der Waals surface area (Å²) >= 11 is 0.